The van der Waals surface area contributed by atoms with Gasteiger partial charge in [-0.3, -0.25) is 0 Å². The number of alkyl halides is 5. The molecule has 1 rings (SSSR count). The molecule has 0 N–H and O–H groups in total. The van der Waals surface area contributed by atoms with E-state index in [0.29, 0.717) is 6.07 Å². The number of halogens is 6. The van der Waals surface area contributed by atoms with Crippen molar-refractivity contribution in [1.82, 2.24) is 0 Å². The highest BCUT2D eigenvalue weighted by Gasteiger charge is 2.35. The topological polar surface area (TPSA) is 9.23 Å². The maximum absolute atomic E-state index is 12.4. The molecule has 0 radical (unpaired) electrons. The molecule has 1 nitrogen and oxygen atoms in total. The minimum absolute atomic E-state index is 0.158. The molecule has 0 unspecified atom stereocenters. The summed E-state index contributed by atoms with van der Waals surface area (Å²) < 4.78 is 64.9. The Morgan fingerprint density at radius 3 is 2.25 bits per heavy atom. The van der Waals surface area contributed by atoms with Crippen LogP contribution in [-0.4, -0.2) is 6.61 Å². The zero-order valence-electron chi connectivity index (χ0n) is 7.91. The highest BCUT2D eigenvalue weighted by atomic mass is 35.5. The second-order valence-corrected chi connectivity index (χ2v) is 3.38. The van der Waals surface area contributed by atoms with E-state index in [1.807, 2.05) is 0 Å². The molecule has 0 heterocycles. The van der Waals surface area contributed by atoms with Crippen molar-refractivity contribution in [3.63, 3.8) is 0 Å². The van der Waals surface area contributed by atoms with Gasteiger partial charge in [0.05, 0.1) is 5.56 Å². The van der Waals surface area contributed by atoms with Crippen molar-refractivity contribution in [2.75, 3.05) is 0 Å². The van der Waals surface area contributed by atoms with Gasteiger partial charge in [0.25, 0.3) is 0 Å². The zero-order valence-corrected chi connectivity index (χ0v) is 8.66. The first-order valence-corrected chi connectivity index (χ1v) is 4.41. The summed E-state index contributed by atoms with van der Waals surface area (Å²) in [5.74, 6) is -0.926. The molecule has 0 aliphatic carbocycles. The van der Waals surface area contributed by atoms with Crippen molar-refractivity contribution in [1.29, 1.82) is 0 Å². The fourth-order valence-electron chi connectivity index (χ4n) is 1.07. The van der Waals surface area contributed by atoms with Crippen molar-refractivity contribution in [3.8, 4) is 5.75 Å². The predicted octanol–water partition coefficient (Wildman–Crippen LogP) is 4.27. The highest BCUT2D eigenvalue weighted by Crippen LogP contribution is 2.39. The Morgan fingerprint density at radius 2 is 1.81 bits per heavy atom. The standard InChI is InChI=1S/C9H6ClF5O/c1-4-2-7(16-8(11)12)5(3-6(4)10)9(13,14)15/h2-3,8H,1H3. The third-order valence-corrected chi connectivity index (χ3v) is 2.19. The Balaban J connectivity index is 3.28. The van der Waals surface area contributed by atoms with E-state index in [2.05, 4.69) is 4.74 Å². The minimum atomic E-state index is -4.79. The lowest BCUT2D eigenvalue weighted by atomic mass is 10.1. The highest BCUT2D eigenvalue weighted by molar-refractivity contribution is 6.31. The molecule has 0 amide bonds. The Bertz CT molecular complexity index is 388. The first-order chi connectivity index (χ1) is 7.21. The third-order valence-electron chi connectivity index (χ3n) is 1.78. The number of benzene rings is 1. The van der Waals surface area contributed by atoms with Crippen LogP contribution in [0.25, 0.3) is 0 Å². The van der Waals surface area contributed by atoms with E-state index >= 15 is 0 Å². The van der Waals surface area contributed by atoms with E-state index in [0.717, 1.165) is 6.07 Å². The SMILES string of the molecule is Cc1cc(OC(F)F)c(C(F)(F)F)cc1Cl. The lowest BCUT2D eigenvalue weighted by Crippen LogP contribution is -2.11. The van der Waals surface area contributed by atoms with Crippen molar-refractivity contribution < 1.29 is 26.7 Å². The molecule has 0 aliphatic rings. The van der Waals surface area contributed by atoms with E-state index < -0.39 is 24.1 Å². The summed E-state index contributed by atoms with van der Waals surface area (Å²) in [5, 5.41) is -0.158. The van der Waals surface area contributed by atoms with E-state index in [1.165, 1.54) is 6.92 Å². The lowest BCUT2D eigenvalue weighted by Gasteiger charge is -2.14. The monoisotopic (exact) mass is 260 g/mol. The van der Waals surface area contributed by atoms with Gasteiger partial charge >= 0.3 is 12.8 Å². The van der Waals surface area contributed by atoms with Gasteiger partial charge in [0.15, 0.2) is 0 Å². The predicted molar refractivity (Wildman–Crippen MR) is 47.8 cm³/mol. The minimum Gasteiger partial charge on any atom is -0.434 e. The van der Waals surface area contributed by atoms with Crippen LogP contribution in [0.15, 0.2) is 12.1 Å². The Morgan fingerprint density at radius 1 is 1.25 bits per heavy atom. The first-order valence-electron chi connectivity index (χ1n) is 4.04. The Kier molecular flexibility index (Phi) is 3.62. The van der Waals surface area contributed by atoms with Gasteiger partial charge in [0.1, 0.15) is 5.75 Å². The largest absolute Gasteiger partial charge is 0.434 e. The maximum atomic E-state index is 12.4. The van der Waals surface area contributed by atoms with Crippen LogP contribution in [0.3, 0.4) is 0 Å². The van der Waals surface area contributed by atoms with Crippen molar-refractivity contribution in [2.45, 2.75) is 19.7 Å². The van der Waals surface area contributed by atoms with Crippen LogP contribution in [0.4, 0.5) is 22.0 Å². The third kappa shape index (κ3) is 2.98. The number of hydrogen-bond acceptors (Lipinski definition) is 1. The van der Waals surface area contributed by atoms with Crippen LogP contribution in [0.5, 0.6) is 5.75 Å². The molecule has 0 bridgehead atoms. The average Bonchev–Trinajstić information content (AvgIpc) is 2.08. The van der Waals surface area contributed by atoms with Crippen molar-refractivity contribution >= 4 is 11.6 Å². The Labute approximate surface area is 92.8 Å². The van der Waals surface area contributed by atoms with Gasteiger partial charge in [-0.1, -0.05) is 11.6 Å². The van der Waals surface area contributed by atoms with Gasteiger partial charge in [-0.15, -0.1) is 0 Å². The summed E-state index contributed by atoms with van der Waals surface area (Å²) in [6.07, 6.45) is -4.79. The molecule has 0 saturated carbocycles. The smallest absolute Gasteiger partial charge is 0.420 e. The first kappa shape index (κ1) is 13.0. The van der Waals surface area contributed by atoms with Crippen LogP contribution < -0.4 is 4.74 Å². The molecule has 0 aliphatic heterocycles. The van der Waals surface area contributed by atoms with E-state index in [9.17, 15) is 22.0 Å². The van der Waals surface area contributed by atoms with Gasteiger partial charge in [-0.05, 0) is 24.6 Å². The number of ether oxygens (including phenoxy) is 1. The maximum Gasteiger partial charge on any atom is 0.420 e. The van der Waals surface area contributed by atoms with E-state index in [4.69, 9.17) is 11.6 Å². The summed E-state index contributed by atoms with van der Waals surface area (Å²) in [7, 11) is 0. The molecule has 1 aromatic carbocycles. The summed E-state index contributed by atoms with van der Waals surface area (Å²) in [4.78, 5) is 0. The quantitative estimate of drug-likeness (QED) is 0.722. The Hall–Kier alpha value is -1.04. The number of rotatable bonds is 2. The molecule has 90 valence electrons. The molecule has 16 heavy (non-hydrogen) atoms. The van der Waals surface area contributed by atoms with Crippen LogP contribution >= 0.6 is 11.6 Å². The number of aryl methyl sites for hydroxylation is 1. The zero-order chi connectivity index (χ0) is 12.5. The van der Waals surface area contributed by atoms with Gasteiger partial charge in [0, 0.05) is 5.02 Å². The molecule has 0 atom stereocenters. The van der Waals surface area contributed by atoms with Crippen molar-refractivity contribution in [2.24, 2.45) is 0 Å². The second kappa shape index (κ2) is 4.45. The fourth-order valence-corrected chi connectivity index (χ4v) is 1.23. The average molecular weight is 261 g/mol. The summed E-state index contributed by atoms with van der Waals surface area (Å²) in [6.45, 7) is -1.93. The van der Waals surface area contributed by atoms with E-state index in [1.54, 1.807) is 0 Å². The van der Waals surface area contributed by atoms with Gasteiger partial charge in [-0.2, -0.15) is 22.0 Å². The van der Waals surface area contributed by atoms with Crippen molar-refractivity contribution in [3.05, 3.63) is 28.3 Å². The molecule has 1 aromatic rings. The fraction of sp³-hybridized carbons (Fsp3) is 0.333. The summed E-state index contributed by atoms with van der Waals surface area (Å²) in [6, 6.07) is 1.39. The van der Waals surface area contributed by atoms with Crippen LogP contribution in [0.1, 0.15) is 11.1 Å². The normalized spacial score (nSPS) is 12.0. The van der Waals surface area contributed by atoms with Gasteiger partial charge in [-0.25, -0.2) is 0 Å². The number of hydrogen-bond donors (Lipinski definition) is 0. The molecule has 0 saturated heterocycles. The molecule has 0 spiro atoms. The van der Waals surface area contributed by atoms with E-state index in [-0.39, 0.29) is 10.6 Å². The lowest BCUT2D eigenvalue weighted by molar-refractivity contribution is -0.141. The van der Waals surface area contributed by atoms with Crippen LogP contribution in [-0.2, 0) is 6.18 Å². The second-order valence-electron chi connectivity index (χ2n) is 2.97. The van der Waals surface area contributed by atoms with Crippen LogP contribution in [0.2, 0.25) is 5.02 Å². The molecular weight excluding hydrogens is 255 g/mol. The molecule has 7 heteroatoms. The summed E-state index contributed by atoms with van der Waals surface area (Å²) >= 11 is 5.49. The van der Waals surface area contributed by atoms with Gasteiger partial charge < -0.3 is 4.74 Å². The molecular formula is C9H6ClF5O. The van der Waals surface area contributed by atoms with Gasteiger partial charge in [0.2, 0.25) is 0 Å². The molecule has 0 fully saturated rings. The summed E-state index contributed by atoms with van der Waals surface area (Å²) in [5.41, 5.74) is -1.09. The van der Waals surface area contributed by atoms with Crippen LogP contribution in [0, 0.1) is 6.92 Å². The molecule has 0 aromatic heterocycles.